The molecule has 4 amide bonds. The fourth-order valence-corrected chi connectivity index (χ4v) is 7.63. The predicted molar refractivity (Wildman–Crippen MR) is 138 cm³/mol. The van der Waals surface area contributed by atoms with Gasteiger partial charge in [-0.3, -0.25) is 0 Å². The molecule has 0 bridgehead atoms. The summed E-state index contributed by atoms with van der Waals surface area (Å²) >= 11 is 1.09. The molecule has 210 valence electrons. The Hall–Kier alpha value is -3.22. The summed E-state index contributed by atoms with van der Waals surface area (Å²) in [6, 6.07) is 0.435. The van der Waals surface area contributed by atoms with Crippen LogP contribution in [0.3, 0.4) is 0 Å². The van der Waals surface area contributed by atoms with Gasteiger partial charge in [-0.1, -0.05) is 12.8 Å². The first-order chi connectivity index (χ1) is 17.6. The largest absolute Gasteiger partial charge is 0.477 e. The molecule has 0 unspecified atom stereocenters. The van der Waals surface area contributed by atoms with Crippen molar-refractivity contribution in [3.05, 3.63) is 33.0 Å². The van der Waals surface area contributed by atoms with Gasteiger partial charge < -0.3 is 20.8 Å². The van der Waals surface area contributed by atoms with Gasteiger partial charge >= 0.3 is 24.0 Å². The lowest BCUT2D eigenvalue weighted by atomic mass is 10.2. The lowest BCUT2D eigenvalue weighted by Gasteiger charge is -2.08. The Labute approximate surface area is 226 Å². The molecule has 0 atom stereocenters. The van der Waals surface area contributed by atoms with Crippen LogP contribution in [0.4, 0.5) is 9.59 Å². The molecule has 2 heterocycles. The first kappa shape index (κ1) is 31.0. The SMILES string of the molecule is Cc1cc(S(=O)(=O)NC(=O)NCCCCCCNC(=O)NS(=O)(=O)c2cc(C)c(C(=O)O)s2)sc1C(=O)O. The highest BCUT2D eigenvalue weighted by Gasteiger charge is 2.24. The first-order valence-electron chi connectivity index (χ1n) is 10.9. The van der Waals surface area contributed by atoms with E-state index in [0.29, 0.717) is 48.4 Å². The third-order valence-electron chi connectivity index (χ3n) is 4.84. The third-order valence-corrected chi connectivity index (χ3v) is 10.9. The van der Waals surface area contributed by atoms with Crippen molar-refractivity contribution in [1.29, 1.82) is 0 Å². The highest BCUT2D eigenvalue weighted by Crippen LogP contribution is 2.26. The van der Waals surface area contributed by atoms with Crippen molar-refractivity contribution in [3.8, 4) is 0 Å². The number of carbonyl (C=O) groups excluding carboxylic acids is 2. The van der Waals surface area contributed by atoms with Crippen LogP contribution in [-0.4, -0.2) is 64.1 Å². The zero-order valence-corrected chi connectivity index (χ0v) is 23.5. The van der Waals surface area contributed by atoms with E-state index in [1.165, 1.54) is 26.0 Å². The summed E-state index contributed by atoms with van der Waals surface area (Å²) in [4.78, 5) is 45.7. The van der Waals surface area contributed by atoms with E-state index in [1.54, 1.807) is 0 Å². The molecule has 0 radical (unpaired) electrons. The van der Waals surface area contributed by atoms with Gasteiger partial charge in [0.15, 0.2) is 0 Å². The summed E-state index contributed by atoms with van der Waals surface area (Å²) in [5, 5.41) is 22.9. The normalized spacial score (nSPS) is 11.5. The maximum absolute atomic E-state index is 12.2. The summed E-state index contributed by atoms with van der Waals surface area (Å²) in [6.45, 7) is 3.23. The minimum absolute atomic E-state index is 0.133. The molecule has 0 aromatic carbocycles. The van der Waals surface area contributed by atoms with E-state index in [0.717, 1.165) is 0 Å². The number of aryl methyl sites for hydroxylation is 2. The van der Waals surface area contributed by atoms with E-state index in [-0.39, 0.29) is 42.4 Å². The molecular formula is C20H26N4O10S4. The van der Waals surface area contributed by atoms with Crippen molar-refractivity contribution in [2.24, 2.45) is 0 Å². The van der Waals surface area contributed by atoms with Crippen molar-refractivity contribution in [3.63, 3.8) is 0 Å². The summed E-state index contributed by atoms with van der Waals surface area (Å²) in [5.74, 6) is -2.52. The standard InChI is InChI=1S/C20H26N4O10S4/c1-11-9-13(35-15(11)17(25)26)37(31,32)23-19(29)21-7-5-3-4-6-8-22-20(30)24-38(33,34)14-10-12(2)16(36-14)18(27)28/h9-10H,3-8H2,1-2H3,(H,25,26)(H,27,28)(H2,21,23,29)(H2,22,24,30). The molecule has 2 aromatic rings. The first-order valence-corrected chi connectivity index (χ1v) is 15.5. The van der Waals surface area contributed by atoms with Crippen LogP contribution in [0.5, 0.6) is 0 Å². The number of carbonyl (C=O) groups is 4. The Bertz CT molecular complexity index is 1320. The number of nitrogens with one attached hydrogen (secondary N) is 4. The van der Waals surface area contributed by atoms with Crippen molar-refractivity contribution in [2.45, 2.75) is 47.9 Å². The molecule has 0 saturated heterocycles. The number of hydrogen-bond acceptors (Lipinski definition) is 10. The topological polar surface area (TPSA) is 225 Å². The molecule has 38 heavy (non-hydrogen) atoms. The van der Waals surface area contributed by atoms with Gasteiger partial charge in [-0.05, 0) is 49.9 Å². The summed E-state index contributed by atoms with van der Waals surface area (Å²) < 4.78 is 52.1. The van der Waals surface area contributed by atoms with Gasteiger partial charge in [0, 0.05) is 13.1 Å². The van der Waals surface area contributed by atoms with Crippen LogP contribution < -0.4 is 20.1 Å². The summed E-state index contributed by atoms with van der Waals surface area (Å²) in [7, 11) is -8.43. The van der Waals surface area contributed by atoms with Crippen LogP contribution >= 0.6 is 22.7 Å². The number of thiophene rings is 2. The van der Waals surface area contributed by atoms with Gasteiger partial charge in [0.2, 0.25) is 0 Å². The monoisotopic (exact) mass is 610 g/mol. The van der Waals surface area contributed by atoms with Gasteiger partial charge in [0.05, 0.1) is 0 Å². The average Bonchev–Trinajstić information content (AvgIpc) is 3.39. The van der Waals surface area contributed by atoms with E-state index >= 15 is 0 Å². The van der Waals surface area contributed by atoms with Gasteiger partial charge in [-0.2, -0.15) is 0 Å². The number of urea groups is 2. The zero-order chi connectivity index (χ0) is 28.7. The van der Waals surface area contributed by atoms with E-state index in [9.17, 15) is 36.0 Å². The quantitative estimate of drug-likeness (QED) is 0.181. The maximum atomic E-state index is 12.2. The lowest BCUT2D eigenvalue weighted by molar-refractivity contribution is 0.0690. The van der Waals surface area contributed by atoms with Crippen LogP contribution in [0.1, 0.15) is 56.2 Å². The van der Waals surface area contributed by atoms with Gasteiger partial charge in [-0.15, -0.1) is 22.7 Å². The number of carboxylic acids is 2. The number of hydrogen-bond donors (Lipinski definition) is 6. The number of amides is 4. The predicted octanol–water partition coefficient (Wildman–Crippen LogP) is 2.06. The van der Waals surface area contributed by atoms with Crippen LogP contribution in [0, 0.1) is 13.8 Å². The smallest absolute Gasteiger partial charge is 0.346 e. The number of sulfonamides is 2. The summed E-state index contributed by atoms with van der Waals surface area (Å²) in [6.07, 6.45) is 2.23. The Morgan fingerprint density at radius 1 is 0.684 bits per heavy atom. The number of unbranched alkanes of at least 4 members (excludes halogenated alkanes) is 3. The molecule has 18 heteroatoms. The molecular weight excluding hydrogens is 585 g/mol. The van der Waals surface area contributed by atoms with Crippen LogP contribution in [0.15, 0.2) is 20.6 Å². The number of aromatic carboxylic acids is 2. The van der Waals surface area contributed by atoms with E-state index in [1.807, 2.05) is 9.44 Å². The molecule has 0 aliphatic rings. The van der Waals surface area contributed by atoms with Crippen LogP contribution in [-0.2, 0) is 20.0 Å². The molecule has 0 fully saturated rings. The lowest BCUT2D eigenvalue weighted by Crippen LogP contribution is -2.39. The second-order valence-corrected chi connectivity index (χ2v) is 13.8. The number of carboxylic acid groups (broad SMARTS) is 2. The molecule has 0 aliphatic carbocycles. The fourth-order valence-electron chi connectivity index (χ4n) is 3.02. The minimum atomic E-state index is -4.21. The van der Waals surface area contributed by atoms with Crippen molar-refractivity contribution in [2.75, 3.05) is 13.1 Å². The van der Waals surface area contributed by atoms with Crippen molar-refractivity contribution in [1.82, 2.24) is 20.1 Å². The Morgan fingerprint density at radius 3 is 1.32 bits per heavy atom. The molecule has 0 saturated carbocycles. The van der Waals surface area contributed by atoms with E-state index in [4.69, 9.17) is 10.2 Å². The van der Waals surface area contributed by atoms with Crippen molar-refractivity contribution < 1.29 is 46.2 Å². The van der Waals surface area contributed by atoms with Gasteiger partial charge in [0.1, 0.15) is 18.2 Å². The van der Waals surface area contributed by atoms with E-state index in [2.05, 4.69) is 10.6 Å². The second-order valence-electron chi connectivity index (χ2n) is 7.90. The zero-order valence-electron chi connectivity index (χ0n) is 20.2. The average molecular weight is 611 g/mol. The molecule has 6 N–H and O–H groups in total. The highest BCUT2D eigenvalue weighted by atomic mass is 32.3. The minimum Gasteiger partial charge on any atom is -0.477 e. The van der Waals surface area contributed by atoms with Gasteiger partial charge in [0.25, 0.3) is 20.0 Å². The molecule has 2 rings (SSSR count). The fraction of sp³-hybridized carbons (Fsp3) is 0.400. The highest BCUT2D eigenvalue weighted by molar-refractivity contribution is 7.92. The Balaban J connectivity index is 1.64. The Morgan fingerprint density at radius 2 is 1.03 bits per heavy atom. The maximum Gasteiger partial charge on any atom is 0.346 e. The Kier molecular flexibility index (Phi) is 10.6. The third kappa shape index (κ3) is 8.67. The van der Waals surface area contributed by atoms with Crippen LogP contribution in [0.25, 0.3) is 0 Å². The molecule has 0 aliphatic heterocycles. The van der Waals surface area contributed by atoms with Crippen LogP contribution in [0.2, 0.25) is 0 Å². The molecule has 2 aromatic heterocycles. The molecule has 0 spiro atoms. The number of rotatable bonds is 13. The van der Waals surface area contributed by atoms with E-state index < -0.39 is 44.0 Å². The second kappa shape index (κ2) is 13.0. The van der Waals surface area contributed by atoms with Gasteiger partial charge in [-0.25, -0.2) is 45.5 Å². The van der Waals surface area contributed by atoms with Crippen molar-refractivity contribution >= 4 is 66.7 Å². The summed E-state index contributed by atoms with van der Waals surface area (Å²) in [5.41, 5.74) is 0.535. The molecule has 14 nitrogen and oxygen atoms in total.